The summed E-state index contributed by atoms with van der Waals surface area (Å²) in [6.07, 6.45) is 6.73. The van der Waals surface area contributed by atoms with Crippen molar-refractivity contribution in [2.45, 2.75) is 12.5 Å². The highest BCUT2D eigenvalue weighted by molar-refractivity contribution is 6.00. The second-order valence-corrected chi connectivity index (χ2v) is 2.53. The molecule has 0 aliphatic heterocycles. The van der Waals surface area contributed by atoms with Crippen LogP contribution in [0.2, 0.25) is 0 Å². The molecular weight excluding hydrogens is 230 g/mol. The Morgan fingerprint density at radius 2 is 1.65 bits per heavy atom. The van der Waals surface area contributed by atoms with E-state index in [9.17, 15) is 14.4 Å². The molecule has 0 aromatic carbocycles. The molecule has 0 saturated carbocycles. The molecule has 1 unspecified atom stereocenters. The van der Waals surface area contributed by atoms with Crippen molar-refractivity contribution in [3.63, 3.8) is 0 Å². The molecule has 0 spiro atoms. The third-order valence-corrected chi connectivity index (χ3v) is 1.30. The molecule has 7 heteroatoms. The minimum absolute atomic E-state index is 0.676. The molecule has 0 saturated heterocycles. The second kappa shape index (κ2) is 6.77. The van der Waals surface area contributed by atoms with Crippen molar-refractivity contribution >= 4 is 23.8 Å². The fourth-order valence-corrected chi connectivity index (χ4v) is 0.631. The van der Waals surface area contributed by atoms with Gasteiger partial charge in [0.1, 0.15) is 0 Å². The summed E-state index contributed by atoms with van der Waals surface area (Å²) in [4.78, 5) is 31.9. The number of carbonyl (C=O) groups is 3. The summed E-state index contributed by atoms with van der Waals surface area (Å²) in [5.41, 5.74) is 0. The zero-order valence-electron chi connectivity index (χ0n) is 8.43. The highest BCUT2D eigenvalue weighted by atomic mass is 16.6. The largest absolute Gasteiger partial charge is 0.402 e. The van der Waals surface area contributed by atoms with E-state index in [0.717, 1.165) is 0 Å². The van der Waals surface area contributed by atoms with Crippen LogP contribution in [0.1, 0.15) is 6.42 Å². The molecule has 0 aromatic rings. The van der Waals surface area contributed by atoms with Crippen molar-refractivity contribution in [2.24, 2.45) is 0 Å². The first-order valence-corrected chi connectivity index (χ1v) is 4.06. The van der Waals surface area contributed by atoms with Gasteiger partial charge >= 0.3 is 17.9 Å². The lowest BCUT2D eigenvalue weighted by atomic mass is 10.2. The van der Waals surface area contributed by atoms with Gasteiger partial charge in [-0.1, -0.05) is 0 Å². The van der Waals surface area contributed by atoms with E-state index in [1.54, 1.807) is 5.92 Å². The van der Waals surface area contributed by atoms with Gasteiger partial charge in [0.15, 0.2) is 12.0 Å². The summed E-state index contributed by atoms with van der Waals surface area (Å²) in [6.45, 7) is 0. The molecule has 0 rings (SSSR count). The number of aliphatic hydroxyl groups is 1. The van der Waals surface area contributed by atoms with Gasteiger partial charge in [-0.15, -0.1) is 12.8 Å². The normalized spacial score (nSPS) is 10.3. The van der Waals surface area contributed by atoms with Crippen LogP contribution in [0.15, 0.2) is 0 Å². The van der Waals surface area contributed by atoms with Crippen LogP contribution in [0, 0.1) is 30.1 Å². The van der Waals surface area contributed by atoms with Crippen LogP contribution >= 0.6 is 0 Å². The molecule has 0 aromatic heterocycles. The average molecular weight is 237 g/mol. The fraction of sp³-hybridized carbons (Fsp3) is 0.200. The van der Waals surface area contributed by atoms with Crippen LogP contribution in [0.5, 0.6) is 0 Å². The molecule has 0 radical (unpaired) electrons. The molecule has 0 aliphatic rings. The van der Waals surface area contributed by atoms with Crippen molar-refractivity contribution in [1.82, 2.24) is 0 Å². The van der Waals surface area contributed by atoms with Crippen molar-refractivity contribution in [2.75, 3.05) is 0 Å². The summed E-state index contributed by atoms with van der Waals surface area (Å²) in [5, 5.41) is 16.2. The van der Waals surface area contributed by atoms with Gasteiger partial charge in [0.2, 0.25) is 0 Å². The summed E-state index contributed by atoms with van der Waals surface area (Å²) in [5.74, 6) is -1.47. The summed E-state index contributed by atoms with van der Waals surface area (Å²) in [6, 6.07) is 0. The molecule has 0 amide bonds. The predicted molar refractivity (Wildman–Crippen MR) is 53.2 cm³/mol. The first-order chi connectivity index (χ1) is 7.90. The smallest absolute Gasteiger partial charge is 0.391 e. The maximum absolute atomic E-state index is 10.9. The molecule has 0 fully saturated rings. The lowest BCUT2D eigenvalue weighted by Crippen LogP contribution is -2.28. The topological polar surface area (TPSA) is 114 Å². The number of rotatable bonds is 3. The van der Waals surface area contributed by atoms with Crippen LogP contribution in [-0.4, -0.2) is 35.0 Å². The van der Waals surface area contributed by atoms with Crippen LogP contribution in [0.4, 0.5) is 0 Å². The Balaban J connectivity index is 4.23. The number of terminal acetylenes is 2. The minimum Gasteiger partial charge on any atom is -0.402 e. The van der Waals surface area contributed by atoms with E-state index in [4.69, 9.17) is 10.5 Å². The number of esters is 3. The predicted octanol–water partition coefficient (Wildman–Crippen LogP) is -1.41. The molecular formula is C10H7NO6. The van der Waals surface area contributed by atoms with Gasteiger partial charge < -0.3 is 14.6 Å². The number of ether oxygens (including phenoxy) is 2. The molecule has 0 bridgehead atoms. The number of hydrogen-bond acceptors (Lipinski definition) is 7. The lowest BCUT2D eigenvalue weighted by Gasteiger charge is -2.07. The molecule has 88 valence electrons. The average Bonchev–Trinajstić information content (AvgIpc) is 2.28. The number of hydrogen-bond donors (Lipinski definition) is 2. The Morgan fingerprint density at radius 3 is 2.12 bits per heavy atom. The van der Waals surface area contributed by atoms with E-state index in [1.807, 2.05) is 0 Å². The Morgan fingerprint density at radius 1 is 1.18 bits per heavy atom. The molecule has 1 atom stereocenters. The van der Waals surface area contributed by atoms with Gasteiger partial charge in [0.05, 0.1) is 6.42 Å². The van der Waals surface area contributed by atoms with E-state index in [0.29, 0.717) is 0 Å². The third-order valence-electron chi connectivity index (χ3n) is 1.30. The zero-order chi connectivity index (χ0) is 13.4. The number of carbonyl (C=O) groups excluding carboxylic acids is 3. The van der Waals surface area contributed by atoms with E-state index < -0.39 is 36.3 Å². The Bertz CT molecular complexity index is 439. The maximum Gasteiger partial charge on any atom is 0.391 e. The summed E-state index contributed by atoms with van der Waals surface area (Å²) in [7, 11) is 0. The van der Waals surface area contributed by atoms with Crippen LogP contribution < -0.4 is 0 Å². The van der Waals surface area contributed by atoms with Gasteiger partial charge in [-0.05, 0) is 0 Å². The Hall–Kier alpha value is -2.64. The first kappa shape index (κ1) is 14.4. The highest BCUT2D eigenvalue weighted by Gasteiger charge is 2.22. The van der Waals surface area contributed by atoms with Gasteiger partial charge in [-0.25, -0.2) is 14.4 Å². The molecule has 0 aliphatic carbocycles. The van der Waals surface area contributed by atoms with Crippen molar-refractivity contribution in [1.29, 1.82) is 5.41 Å². The van der Waals surface area contributed by atoms with Gasteiger partial charge in [-0.2, -0.15) is 0 Å². The monoisotopic (exact) mass is 237 g/mol. The highest BCUT2D eigenvalue weighted by Crippen LogP contribution is 1.99. The molecule has 2 N–H and O–H groups in total. The fourth-order valence-electron chi connectivity index (χ4n) is 0.631. The zero-order valence-corrected chi connectivity index (χ0v) is 8.43. The molecule has 7 nitrogen and oxygen atoms in total. The molecule has 0 heterocycles. The van der Waals surface area contributed by atoms with Crippen LogP contribution in [0.25, 0.3) is 0 Å². The van der Waals surface area contributed by atoms with Gasteiger partial charge in [0, 0.05) is 11.8 Å². The lowest BCUT2D eigenvalue weighted by molar-refractivity contribution is -0.162. The summed E-state index contributed by atoms with van der Waals surface area (Å²) < 4.78 is 8.12. The second-order valence-electron chi connectivity index (χ2n) is 2.53. The van der Waals surface area contributed by atoms with Gasteiger partial charge in [0.25, 0.3) is 0 Å². The van der Waals surface area contributed by atoms with E-state index in [1.165, 1.54) is 5.92 Å². The first-order valence-electron chi connectivity index (χ1n) is 4.06. The van der Waals surface area contributed by atoms with E-state index >= 15 is 0 Å². The Labute approximate surface area is 96.2 Å². The van der Waals surface area contributed by atoms with Crippen molar-refractivity contribution in [3.8, 4) is 24.7 Å². The Kier molecular flexibility index (Phi) is 5.72. The van der Waals surface area contributed by atoms with E-state index in [2.05, 4.69) is 22.3 Å². The quantitative estimate of drug-likeness (QED) is 0.156. The molecule has 17 heavy (non-hydrogen) atoms. The van der Waals surface area contributed by atoms with Crippen LogP contribution in [0.3, 0.4) is 0 Å². The minimum atomic E-state index is -1.86. The van der Waals surface area contributed by atoms with Gasteiger partial charge in [-0.3, -0.25) is 5.41 Å². The SMILES string of the molecule is C#CC(=O)OC(=N)CC(O)C(=O)OC(=O)C#C. The number of aliphatic hydroxyl groups excluding tert-OH is 1. The van der Waals surface area contributed by atoms with Crippen molar-refractivity contribution in [3.05, 3.63) is 0 Å². The van der Waals surface area contributed by atoms with Crippen molar-refractivity contribution < 1.29 is 29.0 Å². The number of nitrogens with one attached hydrogen (secondary N) is 1. The maximum atomic E-state index is 10.9. The summed E-state index contributed by atoms with van der Waals surface area (Å²) >= 11 is 0. The van der Waals surface area contributed by atoms with Crippen LogP contribution in [-0.2, 0) is 23.9 Å². The third kappa shape index (κ3) is 5.72. The van der Waals surface area contributed by atoms with E-state index in [-0.39, 0.29) is 0 Å². The standard InChI is InChI=1S/C10H7NO6/c1-3-8(13)16-7(11)5-6(12)10(15)17-9(14)4-2/h1-2,6,11-12H,5H2.